The number of rotatable bonds is 5. The minimum absolute atomic E-state index is 0.00784. The second-order valence-corrected chi connectivity index (χ2v) is 6.60. The average molecular weight is 320 g/mol. The molecule has 4 heteroatoms. The molecular formula is C20H20N2O2. The fraction of sp³-hybridized carbons (Fsp3) is 0.300. The van der Waals surface area contributed by atoms with Gasteiger partial charge in [-0.05, 0) is 43.4 Å². The van der Waals surface area contributed by atoms with E-state index >= 15 is 0 Å². The number of hydrogen-bond acceptors (Lipinski definition) is 3. The Morgan fingerprint density at radius 1 is 1.21 bits per heavy atom. The number of amides is 1. The molecule has 0 unspecified atom stereocenters. The number of para-hydroxylation sites is 1. The van der Waals surface area contributed by atoms with Crippen LogP contribution in [0.5, 0.6) is 0 Å². The van der Waals surface area contributed by atoms with Crippen molar-refractivity contribution in [1.29, 1.82) is 0 Å². The molecule has 1 aliphatic carbocycles. The first kappa shape index (κ1) is 14.9. The first-order valence-corrected chi connectivity index (χ1v) is 8.40. The maximum Gasteiger partial charge on any atom is 0.226 e. The van der Waals surface area contributed by atoms with E-state index in [-0.39, 0.29) is 18.4 Å². The van der Waals surface area contributed by atoms with Crippen LogP contribution < -0.4 is 5.32 Å². The quantitative estimate of drug-likeness (QED) is 0.774. The van der Waals surface area contributed by atoms with Crippen molar-refractivity contribution >= 4 is 16.9 Å². The summed E-state index contributed by atoms with van der Waals surface area (Å²) in [4.78, 5) is 12.5. The van der Waals surface area contributed by atoms with E-state index in [4.69, 9.17) is 4.52 Å². The zero-order valence-electron chi connectivity index (χ0n) is 13.7. The Hall–Kier alpha value is -2.62. The summed E-state index contributed by atoms with van der Waals surface area (Å²) in [7, 11) is 0. The lowest BCUT2D eigenvalue weighted by molar-refractivity contribution is -0.121. The van der Waals surface area contributed by atoms with Gasteiger partial charge >= 0.3 is 0 Å². The van der Waals surface area contributed by atoms with E-state index in [0.717, 1.165) is 11.0 Å². The number of hydrogen-bond donors (Lipinski definition) is 1. The Kier molecular flexibility index (Phi) is 3.81. The van der Waals surface area contributed by atoms with E-state index in [1.807, 2.05) is 24.3 Å². The maximum absolute atomic E-state index is 12.5. The van der Waals surface area contributed by atoms with Crippen molar-refractivity contribution in [1.82, 2.24) is 10.5 Å². The van der Waals surface area contributed by atoms with E-state index in [1.165, 1.54) is 24.0 Å². The molecule has 0 bridgehead atoms. The topological polar surface area (TPSA) is 55.1 Å². The van der Waals surface area contributed by atoms with Crippen molar-refractivity contribution in [2.24, 2.45) is 5.92 Å². The monoisotopic (exact) mass is 320 g/mol. The number of aromatic nitrogens is 1. The minimum Gasteiger partial charge on any atom is -0.356 e. The second-order valence-electron chi connectivity index (χ2n) is 6.60. The number of carbonyl (C=O) groups is 1. The summed E-state index contributed by atoms with van der Waals surface area (Å²) in [5, 5.41) is 8.16. The van der Waals surface area contributed by atoms with Gasteiger partial charge in [0.1, 0.15) is 5.69 Å². The highest BCUT2D eigenvalue weighted by atomic mass is 16.5. The Morgan fingerprint density at radius 2 is 1.96 bits per heavy atom. The fourth-order valence-electron chi connectivity index (χ4n) is 3.12. The molecule has 1 N–H and O–H groups in total. The summed E-state index contributed by atoms with van der Waals surface area (Å²) >= 11 is 0. The van der Waals surface area contributed by atoms with Crippen LogP contribution in [-0.4, -0.2) is 11.1 Å². The van der Waals surface area contributed by atoms with Gasteiger partial charge in [-0.15, -0.1) is 0 Å². The Morgan fingerprint density at radius 3 is 2.71 bits per heavy atom. The second kappa shape index (κ2) is 6.11. The summed E-state index contributed by atoms with van der Waals surface area (Å²) < 4.78 is 5.28. The molecule has 1 amide bonds. The van der Waals surface area contributed by atoms with Gasteiger partial charge in [0.05, 0.1) is 12.5 Å². The van der Waals surface area contributed by atoms with Crippen molar-refractivity contribution < 1.29 is 9.32 Å². The summed E-state index contributed by atoms with van der Waals surface area (Å²) in [5.74, 6) is 0.539. The lowest BCUT2D eigenvalue weighted by Gasteiger charge is -2.19. The summed E-state index contributed by atoms with van der Waals surface area (Å²) in [5.41, 5.74) is 3.83. The normalized spacial score (nSPS) is 15.4. The highest BCUT2D eigenvalue weighted by Crippen LogP contribution is 2.41. The first-order valence-electron chi connectivity index (χ1n) is 8.40. The lowest BCUT2D eigenvalue weighted by Crippen LogP contribution is -2.31. The highest BCUT2D eigenvalue weighted by molar-refractivity contribution is 5.86. The van der Waals surface area contributed by atoms with Crippen molar-refractivity contribution in [2.45, 2.75) is 32.2 Å². The van der Waals surface area contributed by atoms with Crippen LogP contribution >= 0.6 is 0 Å². The van der Waals surface area contributed by atoms with Crippen LogP contribution in [0.3, 0.4) is 0 Å². The largest absolute Gasteiger partial charge is 0.356 e. The van der Waals surface area contributed by atoms with Gasteiger partial charge in [0.25, 0.3) is 0 Å². The Labute approximate surface area is 140 Å². The van der Waals surface area contributed by atoms with Crippen LogP contribution in [0.25, 0.3) is 11.0 Å². The minimum atomic E-state index is -0.00784. The SMILES string of the molecule is Cc1ccc([C@H](NC(=O)Cc2noc3ccccc23)C2CC2)cc1. The van der Waals surface area contributed by atoms with Gasteiger partial charge in [-0.1, -0.05) is 47.1 Å². The number of benzene rings is 2. The molecule has 1 fully saturated rings. The van der Waals surface area contributed by atoms with Gasteiger partial charge in [-0.2, -0.15) is 0 Å². The van der Waals surface area contributed by atoms with E-state index in [0.29, 0.717) is 11.6 Å². The number of aryl methyl sites for hydroxylation is 1. The molecule has 0 spiro atoms. The van der Waals surface area contributed by atoms with Crippen molar-refractivity contribution in [3.05, 3.63) is 65.4 Å². The number of nitrogens with one attached hydrogen (secondary N) is 1. The molecule has 2 aromatic carbocycles. The first-order chi connectivity index (χ1) is 11.7. The smallest absolute Gasteiger partial charge is 0.226 e. The molecule has 0 aliphatic heterocycles. The molecule has 1 aromatic heterocycles. The third-order valence-corrected chi connectivity index (χ3v) is 4.63. The summed E-state index contributed by atoms with van der Waals surface area (Å²) in [6.45, 7) is 2.07. The van der Waals surface area contributed by atoms with Crippen LogP contribution in [0.4, 0.5) is 0 Å². The highest BCUT2D eigenvalue weighted by Gasteiger charge is 2.33. The van der Waals surface area contributed by atoms with Gasteiger partial charge in [0.2, 0.25) is 5.91 Å². The van der Waals surface area contributed by atoms with E-state index in [9.17, 15) is 4.79 Å². The number of fused-ring (bicyclic) bond motifs is 1. The molecule has 1 atom stereocenters. The molecule has 3 aromatic rings. The van der Waals surface area contributed by atoms with Crippen molar-refractivity contribution in [3.63, 3.8) is 0 Å². The zero-order valence-corrected chi connectivity index (χ0v) is 13.7. The van der Waals surface area contributed by atoms with Crippen LogP contribution in [0, 0.1) is 12.8 Å². The molecule has 1 aliphatic rings. The third-order valence-electron chi connectivity index (χ3n) is 4.63. The van der Waals surface area contributed by atoms with E-state index < -0.39 is 0 Å². The van der Waals surface area contributed by atoms with Crippen LogP contribution in [0.15, 0.2) is 53.1 Å². The molecule has 4 rings (SSSR count). The Bertz CT molecular complexity index is 863. The standard InChI is InChI=1S/C20H20N2O2/c1-13-6-8-14(9-7-13)20(15-10-11-15)21-19(23)12-17-16-4-2-3-5-18(16)24-22-17/h2-9,15,20H,10-12H2,1H3,(H,21,23)/t20-/m0/s1. The van der Waals surface area contributed by atoms with Crippen LogP contribution in [-0.2, 0) is 11.2 Å². The maximum atomic E-state index is 12.5. The molecule has 4 nitrogen and oxygen atoms in total. The fourth-order valence-corrected chi connectivity index (χ4v) is 3.12. The molecule has 1 heterocycles. The van der Waals surface area contributed by atoms with Gasteiger partial charge < -0.3 is 9.84 Å². The average Bonchev–Trinajstić information content (AvgIpc) is 3.36. The number of nitrogens with zero attached hydrogens (tertiary/aromatic N) is 1. The number of carbonyl (C=O) groups excluding carboxylic acids is 1. The third kappa shape index (κ3) is 3.04. The zero-order chi connectivity index (χ0) is 16.5. The van der Waals surface area contributed by atoms with Gasteiger partial charge in [-0.25, -0.2) is 0 Å². The van der Waals surface area contributed by atoms with Crippen LogP contribution in [0.1, 0.15) is 35.7 Å². The molecule has 0 saturated heterocycles. The molecule has 122 valence electrons. The summed E-state index contributed by atoms with van der Waals surface area (Å²) in [6, 6.07) is 16.2. The molecule has 1 saturated carbocycles. The van der Waals surface area contributed by atoms with Crippen molar-refractivity contribution in [3.8, 4) is 0 Å². The van der Waals surface area contributed by atoms with Crippen molar-refractivity contribution in [2.75, 3.05) is 0 Å². The molecule has 0 radical (unpaired) electrons. The summed E-state index contributed by atoms with van der Waals surface area (Å²) in [6.07, 6.45) is 2.59. The predicted octanol–water partition coefficient (Wildman–Crippen LogP) is 3.95. The van der Waals surface area contributed by atoms with Gasteiger partial charge in [0, 0.05) is 5.39 Å². The van der Waals surface area contributed by atoms with E-state index in [2.05, 4.69) is 41.7 Å². The Balaban J connectivity index is 1.50. The lowest BCUT2D eigenvalue weighted by atomic mass is 10.0. The van der Waals surface area contributed by atoms with Gasteiger partial charge in [-0.3, -0.25) is 4.79 Å². The molecule has 24 heavy (non-hydrogen) atoms. The predicted molar refractivity (Wildman–Crippen MR) is 92.5 cm³/mol. The molecular weight excluding hydrogens is 300 g/mol. The van der Waals surface area contributed by atoms with Gasteiger partial charge in [0.15, 0.2) is 5.58 Å². The van der Waals surface area contributed by atoms with Crippen LogP contribution in [0.2, 0.25) is 0 Å². The van der Waals surface area contributed by atoms with E-state index in [1.54, 1.807) is 0 Å².